The van der Waals surface area contributed by atoms with Gasteiger partial charge in [-0.25, -0.2) is 9.07 Å². The molecule has 0 unspecified atom stereocenters. The number of carbonyl (C=O) groups excluding carboxylic acids is 1. The number of hydrogen-bond donors (Lipinski definition) is 0. The summed E-state index contributed by atoms with van der Waals surface area (Å²) in [5.74, 6) is -0.421. The quantitative estimate of drug-likeness (QED) is 0.799. The summed E-state index contributed by atoms with van der Waals surface area (Å²) in [6.45, 7) is 5.57. The molecule has 0 spiro atoms. The molecule has 20 heavy (non-hydrogen) atoms. The van der Waals surface area contributed by atoms with E-state index in [0.717, 1.165) is 5.56 Å². The number of aryl methyl sites for hydroxylation is 1. The summed E-state index contributed by atoms with van der Waals surface area (Å²) in [5, 5.41) is 7.98. The van der Waals surface area contributed by atoms with E-state index in [1.807, 2.05) is 13.8 Å². The lowest BCUT2D eigenvalue weighted by Gasteiger charge is -2.10. The van der Waals surface area contributed by atoms with Gasteiger partial charge in [-0.1, -0.05) is 19.1 Å². The van der Waals surface area contributed by atoms with E-state index in [0.29, 0.717) is 34.4 Å². The summed E-state index contributed by atoms with van der Waals surface area (Å²) in [6, 6.07) is 3.08. The van der Waals surface area contributed by atoms with Gasteiger partial charge in [0.2, 0.25) is 0 Å². The van der Waals surface area contributed by atoms with E-state index in [9.17, 15) is 9.18 Å². The molecule has 0 amide bonds. The minimum atomic E-state index is -0.369. The first-order valence-electron chi connectivity index (χ1n) is 6.43. The monoisotopic (exact) mass is 339 g/mol. The molecule has 0 aliphatic heterocycles. The molecule has 0 radical (unpaired) electrons. The highest BCUT2D eigenvalue weighted by molar-refractivity contribution is 9.10. The molecule has 0 saturated carbocycles. The number of hydrogen-bond acceptors (Lipinski definition) is 3. The fourth-order valence-corrected chi connectivity index (χ4v) is 2.52. The summed E-state index contributed by atoms with van der Waals surface area (Å²) >= 11 is 3.15. The van der Waals surface area contributed by atoms with Gasteiger partial charge in [-0.05, 0) is 40.9 Å². The van der Waals surface area contributed by atoms with Crippen LogP contribution >= 0.6 is 15.9 Å². The Balaban J connectivity index is 2.62. The van der Waals surface area contributed by atoms with Crippen molar-refractivity contribution in [3.8, 4) is 5.69 Å². The zero-order valence-electron chi connectivity index (χ0n) is 11.6. The van der Waals surface area contributed by atoms with E-state index in [2.05, 4.69) is 26.2 Å². The Morgan fingerprint density at radius 1 is 1.40 bits per heavy atom. The van der Waals surface area contributed by atoms with E-state index >= 15 is 0 Å². The van der Waals surface area contributed by atoms with Gasteiger partial charge in [0.05, 0.1) is 15.9 Å². The molecular formula is C14H15BrFN3O. The maximum absolute atomic E-state index is 13.7. The van der Waals surface area contributed by atoms with Gasteiger partial charge >= 0.3 is 0 Å². The van der Waals surface area contributed by atoms with Gasteiger partial charge in [-0.2, -0.15) is 0 Å². The van der Waals surface area contributed by atoms with Gasteiger partial charge in [0.25, 0.3) is 0 Å². The van der Waals surface area contributed by atoms with Gasteiger partial charge in [0.1, 0.15) is 5.82 Å². The number of carbonyl (C=O) groups is 1. The minimum absolute atomic E-state index is 0.0525. The highest BCUT2D eigenvalue weighted by Crippen LogP contribution is 2.24. The maximum atomic E-state index is 13.7. The molecule has 0 atom stereocenters. The van der Waals surface area contributed by atoms with Crippen LogP contribution in [0.15, 0.2) is 16.6 Å². The van der Waals surface area contributed by atoms with Gasteiger partial charge in [-0.3, -0.25) is 4.79 Å². The van der Waals surface area contributed by atoms with Gasteiger partial charge < -0.3 is 0 Å². The maximum Gasteiger partial charge on any atom is 0.184 e. The molecule has 2 aromatic rings. The summed E-state index contributed by atoms with van der Waals surface area (Å²) < 4.78 is 15.7. The fraction of sp³-hybridized carbons (Fsp3) is 0.357. The van der Waals surface area contributed by atoms with Crippen molar-refractivity contribution in [2.24, 2.45) is 0 Å². The zero-order chi connectivity index (χ0) is 14.9. The van der Waals surface area contributed by atoms with Crippen molar-refractivity contribution in [1.82, 2.24) is 15.0 Å². The molecule has 2 rings (SSSR count). The number of rotatable bonds is 4. The average Bonchev–Trinajstić information content (AvgIpc) is 2.85. The van der Waals surface area contributed by atoms with Gasteiger partial charge in [-0.15, -0.1) is 5.10 Å². The molecule has 1 aromatic heterocycles. The summed E-state index contributed by atoms with van der Waals surface area (Å²) in [5.41, 5.74) is 2.54. The predicted octanol–water partition coefficient (Wildman–Crippen LogP) is 3.63. The second-order valence-corrected chi connectivity index (χ2v) is 5.33. The van der Waals surface area contributed by atoms with Gasteiger partial charge in [0.15, 0.2) is 11.5 Å². The number of benzene rings is 1. The van der Waals surface area contributed by atoms with Crippen molar-refractivity contribution < 1.29 is 9.18 Å². The molecule has 1 heterocycles. The first-order chi connectivity index (χ1) is 9.49. The van der Waals surface area contributed by atoms with Crippen LogP contribution in [0.3, 0.4) is 0 Å². The SMILES string of the molecule is CCC(=O)c1nnn(-c2cc(F)c(Br)cc2C)c1CC. The van der Waals surface area contributed by atoms with Crippen LogP contribution in [-0.2, 0) is 6.42 Å². The average molecular weight is 340 g/mol. The van der Waals surface area contributed by atoms with Crippen LogP contribution in [0.5, 0.6) is 0 Å². The number of aromatic nitrogens is 3. The normalized spacial score (nSPS) is 10.8. The van der Waals surface area contributed by atoms with E-state index in [1.54, 1.807) is 17.7 Å². The Labute approximate surface area is 125 Å². The molecule has 0 saturated heterocycles. The summed E-state index contributed by atoms with van der Waals surface area (Å²) in [4.78, 5) is 11.8. The topological polar surface area (TPSA) is 47.8 Å². The van der Waals surface area contributed by atoms with Crippen molar-refractivity contribution in [2.75, 3.05) is 0 Å². The molecule has 0 aliphatic carbocycles. The fourth-order valence-electron chi connectivity index (χ4n) is 2.06. The Hall–Kier alpha value is -1.56. The summed E-state index contributed by atoms with van der Waals surface area (Å²) in [7, 11) is 0. The van der Waals surface area contributed by atoms with Crippen LogP contribution < -0.4 is 0 Å². The minimum Gasteiger partial charge on any atom is -0.292 e. The molecular weight excluding hydrogens is 325 g/mol. The van der Waals surface area contributed by atoms with E-state index < -0.39 is 0 Å². The highest BCUT2D eigenvalue weighted by atomic mass is 79.9. The third-order valence-corrected chi connectivity index (χ3v) is 3.76. The second-order valence-electron chi connectivity index (χ2n) is 4.48. The Kier molecular flexibility index (Phi) is 4.32. The number of nitrogens with zero attached hydrogens (tertiary/aromatic N) is 3. The van der Waals surface area contributed by atoms with Crippen molar-refractivity contribution in [2.45, 2.75) is 33.6 Å². The zero-order valence-corrected chi connectivity index (χ0v) is 13.2. The third kappa shape index (κ3) is 2.52. The van der Waals surface area contributed by atoms with Crippen LogP contribution in [0.2, 0.25) is 0 Å². The first kappa shape index (κ1) is 14.8. The van der Waals surface area contributed by atoms with Crippen molar-refractivity contribution in [3.63, 3.8) is 0 Å². The van der Waals surface area contributed by atoms with Crippen molar-refractivity contribution in [1.29, 1.82) is 0 Å². The molecule has 0 N–H and O–H groups in total. The smallest absolute Gasteiger partial charge is 0.184 e. The highest BCUT2D eigenvalue weighted by Gasteiger charge is 2.19. The van der Waals surface area contributed by atoms with Crippen LogP contribution in [-0.4, -0.2) is 20.8 Å². The second kappa shape index (κ2) is 5.83. The Morgan fingerprint density at radius 2 is 2.10 bits per heavy atom. The van der Waals surface area contributed by atoms with Crippen molar-refractivity contribution >= 4 is 21.7 Å². The Bertz CT molecular complexity index is 667. The van der Waals surface area contributed by atoms with E-state index in [4.69, 9.17) is 0 Å². The Morgan fingerprint density at radius 3 is 2.70 bits per heavy atom. The molecule has 1 aromatic carbocycles. The lowest BCUT2D eigenvalue weighted by atomic mass is 10.1. The van der Waals surface area contributed by atoms with Gasteiger partial charge in [0, 0.05) is 12.5 Å². The molecule has 0 fully saturated rings. The molecule has 6 heteroatoms. The molecule has 106 valence electrons. The number of Topliss-reactive ketones (excluding diaryl/α,β-unsaturated/α-hetero) is 1. The standard InChI is InChI=1S/C14H15BrFN3O/c1-4-11-14(13(20)5-2)17-18-19(11)12-7-10(16)9(15)6-8(12)3/h6-7H,4-5H2,1-3H3. The number of ketones is 1. The number of halogens is 2. The molecule has 0 aliphatic rings. The third-order valence-electron chi connectivity index (χ3n) is 3.15. The van der Waals surface area contributed by atoms with Crippen LogP contribution in [0, 0.1) is 12.7 Å². The van der Waals surface area contributed by atoms with Crippen LogP contribution in [0.25, 0.3) is 5.69 Å². The van der Waals surface area contributed by atoms with Crippen LogP contribution in [0.1, 0.15) is 42.0 Å². The lowest BCUT2D eigenvalue weighted by molar-refractivity contribution is 0.0982. The molecule has 4 nitrogen and oxygen atoms in total. The van der Waals surface area contributed by atoms with E-state index in [-0.39, 0.29) is 11.6 Å². The molecule has 0 bridgehead atoms. The lowest BCUT2D eigenvalue weighted by Crippen LogP contribution is -2.07. The first-order valence-corrected chi connectivity index (χ1v) is 7.22. The van der Waals surface area contributed by atoms with Crippen LogP contribution in [0.4, 0.5) is 4.39 Å². The summed E-state index contributed by atoms with van der Waals surface area (Å²) in [6.07, 6.45) is 0.977. The largest absolute Gasteiger partial charge is 0.292 e. The predicted molar refractivity (Wildman–Crippen MR) is 77.8 cm³/mol. The van der Waals surface area contributed by atoms with E-state index in [1.165, 1.54) is 6.07 Å². The van der Waals surface area contributed by atoms with Crippen molar-refractivity contribution in [3.05, 3.63) is 39.4 Å².